The maximum atomic E-state index is 11.9. The number of carbonyl (C=O) groups is 1. The minimum Gasteiger partial charge on any atom is -0.357 e. The topological polar surface area (TPSA) is 71.0 Å². The normalized spacial score (nSPS) is 14.6. The van der Waals surface area contributed by atoms with Crippen LogP contribution in [-0.2, 0) is 0 Å². The first-order chi connectivity index (χ1) is 9.33. The maximum absolute atomic E-state index is 11.9. The zero-order chi connectivity index (χ0) is 13.1. The van der Waals surface area contributed by atoms with E-state index in [1.165, 1.54) is 19.0 Å². The molecule has 1 N–H and O–H groups in total. The molecule has 1 saturated heterocycles. The molecule has 1 aliphatic rings. The van der Waals surface area contributed by atoms with E-state index in [0.29, 0.717) is 10.6 Å². The van der Waals surface area contributed by atoms with E-state index in [9.17, 15) is 4.79 Å². The first-order valence-electron chi connectivity index (χ1n) is 6.12. The highest BCUT2D eigenvalue weighted by molar-refractivity contribution is 7.10. The van der Waals surface area contributed by atoms with Crippen molar-refractivity contribution in [3.05, 3.63) is 30.1 Å². The third-order valence-electron chi connectivity index (χ3n) is 3.04. The molecule has 19 heavy (non-hydrogen) atoms. The summed E-state index contributed by atoms with van der Waals surface area (Å²) in [5.41, 5.74) is 0.538. The van der Waals surface area contributed by atoms with Crippen LogP contribution in [0.3, 0.4) is 0 Å². The molecule has 1 aliphatic heterocycles. The third kappa shape index (κ3) is 2.70. The highest BCUT2D eigenvalue weighted by atomic mass is 32.1. The van der Waals surface area contributed by atoms with Crippen molar-refractivity contribution in [2.75, 3.05) is 23.3 Å². The molecule has 0 saturated carbocycles. The van der Waals surface area contributed by atoms with Gasteiger partial charge in [-0.3, -0.25) is 4.79 Å². The summed E-state index contributed by atoms with van der Waals surface area (Å²) >= 11 is 1.15. The van der Waals surface area contributed by atoms with Gasteiger partial charge in [-0.1, -0.05) is 4.49 Å². The lowest BCUT2D eigenvalue weighted by Gasteiger charge is -2.15. The molecule has 98 valence electrons. The Morgan fingerprint density at radius 2 is 2.11 bits per heavy atom. The Bertz CT molecular complexity index is 548. The van der Waals surface area contributed by atoms with Gasteiger partial charge >= 0.3 is 0 Å². The molecule has 0 aliphatic carbocycles. The van der Waals surface area contributed by atoms with E-state index in [-0.39, 0.29) is 5.91 Å². The molecule has 3 rings (SSSR count). The summed E-state index contributed by atoms with van der Waals surface area (Å²) in [6, 6.07) is 3.69. The number of hydrogen-bond donors (Lipinski definition) is 1. The van der Waals surface area contributed by atoms with Gasteiger partial charge in [-0.25, -0.2) is 4.98 Å². The molecule has 0 unspecified atom stereocenters. The van der Waals surface area contributed by atoms with Crippen molar-refractivity contribution in [3.8, 4) is 0 Å². The Morgan fingerprint density at radius 3 is 2.74 bits per heavy atom. The minimum atomic E-state index is -0.188. The summed E-state index contributed by atoms with van der Waals surface area (Å²) in [6.07, 6.45) is 5.55. The Hall–Kier alpha value is -2.02. The highest BCUT2D eigenvalue weighted by Crippen LogP contribution is 2.18. The second kappa shape index (κ2) is 5.31. The quantitative estimate of drug-likeness (QED) is 0.924. The molecule has 0 atom stereocenters. The Balaban J connectivity index is 1.69. The SMILES string of the molecule is O=C(Nc1cnns1)c1ccc(N2CCCC2)nc1. The molecule has 7 heteroatoms. The minimum absolute atomic E-state index is 0.188. The lowest BCUT2D eigenvalue weighted by molar-refractivity contribution is 0.102. The molecule has 2 aromatic rings. The van der Waals surface area contributed by atoms with E-state index in [0.717, 1.165) is 30.4 Å². The number of aromatic nitrogens is 3. The van der Waals surface area contributed by atoms with Crippen LogP contribution in [-0.4, -0.2) is 33.6 Å². The molecule has 0 bridgehead atoms. The average molecular weight is 275 g/mol. The third-order valence-corrected chi connectivity index (χ3v) is 3.62. The molecular weight excluding hydrogens is 262 g/mol. The van der Waals surface area contributed by atoms with Gasteiger partial charge in [-0.15, -0.1) is 5.10 Å². The van der Waals surface area contributed by atoms with E-state index in [2.05, 4.69) is 24.8 Å². The van der Waals surface area contributed by atoms with E-state index in [1.807, 2.05) is 6.07 Å². The zero-order valence-corrected chi connectivity index (χ0v) is 11.1. The summed E-state index contributed by atoms with van der Waals surface area (Å²) in [6.45, 7) is 2.09. The summed E-state index contributed by atoms with van der Waals surface area (Å²) < 4.78 is 3.69. The second-order valence-corrected chi connectivity index (χ2v) is 5.12. The standard InChI is InChI=1S/C12H13N5OS/c18-12(15-11-8-14-16-19-11)9-3-4-10(13-7-9)17-5-1-2-6-17/h3-4,7-8H,1-2,5-6H2,(H,15,18). The van der Waals surface area contributed by atoms with Crippen molar-refractivity contribution in [3.63, 3.8) is 0 Å². The van der Waals surface area contributed by atoms with Crippen LogP contribution in [0.25, 0.3) is 0 Å². The van der Waals surface area contributed by atoms with E-state index < -0.39 is 0 Å². The van der Waals surface area contributed by atoms with Gasteiger partial charge < -0.3 is 10.2 Å². The fourth-order valence-electron chi connectivity index (χ4n) is 2.06. The molecule has 3 heterocycles. The van der Waals surface area contributed by atoms with Gasteiger partial charge in [-0.2, -0.15) is 0 Å². The number of anilines is 2. The largest absolute Gasteiger partial charge is 0.357 e. The summed E-state index contributed by atoms with van der Waals surface area (Å²) in [7, 11) is 0. The first-order valence-corrected chi connectivity index (χ1v) is 6.90. The smallest absolute Gasteiger partial charge is 0.257 e. The molecule has 1 amide bonds. The van der Waals surface area contributed by atoms with Crippen LogP contribution in [0.4, 0.5) is 10.8 Å². The van der Waals surface area contributed by atoms with Gasteiger partial charge in [0.25, 0.3) is 5.91 Å². The fourth-order valence-corrected chi connectivity index (χ4v) is 2.47. The average Bonchev–Trinajstić information content (AvgIpc) is 3.12. The summed E-state index contributed by atoms with van der Waals surface area (Å²) in [5, 5.41) is 7.03. The van der Waals surface area contributed by atoms with Crippen molar-refractivity contribution in [1.82, 2.24) is 14.6 Å². The van der Waals surface area contributed by atoms with E-state index >= 15 is 0 Å². The highest BCUT2D eigenvalue weighted by Gasteiger charge is 2.14. The molecule has 0 spiro atoms. The lowest BCUT2D eigenvalue weighted by atomic mass is 10.2. The zero-order valence-electron chi connectivity index (χ0n) is 10.2. The Morgan fingerprint density at radius 1 is 1.26 bits per heavy atom. The van der Waals surface area contributed by atoms with Gasteiger partial charge in [-0.05, 0) is 25.0 Å². The number of hydrogen-bond acceptors (Lipinski definition) is 6. The predicted octanol–water partition coefficient (Wildman–Crippen LogP) is 1.79. The van der Waals surface area contributed by atoms with Gasteiger partial charge in [0.1, 0.15) is 10.8 Å². The van der Waals surface area contributed by atoms with Crippen LogP contribution < -0.4 is 10.2 Å². The fraction of sp³-hybridized carbons (Fsp3) is 0.333. The molecule has 6 nitrogen and oxygen atoms in total. The maximum Gasteiger partial charge on any atom is 0.257 e. The second-order valence-electron chi connectivity index (χ2n) is 4.34. The van der Waals surface area contributed by atoms with Crippen molar-refractivity contribution in [2.45, 2.75) is 12.8 Å². The van der Waals surface area contributed by atoms with E-state index in [4.69, 9.17) is 0 Å². The van der Waals surface area contributed by atoms with Crippen molar-refractivity contribution in [1.29, 1.82) is 0 Å². The van der Waals surface area contributed by atoms with Crippen LogP contribution in [0, 0.1) is 0 Å². The van der Waals surface area contributed by atoms with Crippen molar-refractivity contribution >= 4 is 28.3 Å². The van der Waals surface area contributed by atoms with Gasteiger partial charge in [0.05, 0.1) is 11.8 Å². The van der Waals surface area contributed by atoms with Crippen molar-refractivity contribution in [2.24, 2.45) is 0 Å². The van der Waals surface area contributed by atoms with Crippen LogP contribution in [0.2, 0.25) is 0 Å². The Labute approximate surface area is 114 Å². The van der Waals surface area contributed by atoms with Crippen LogP contribution in [0.5, 0.6) is 0 Å². The van der Waals surface area contributed by atoms with Gasteiger partial charge in [0.2, 0.25) is 0 Å². The summed E-state index contributed by atoms with van der Waals surface area (Å²) in [5.74, 6) is 0.750. The molecular formula is C12H13N5OS. The van der Waals surface area contributed by atoms with Crippen LogP contribution in [0.1, 0.15) is 23.2 Å². The predicted molar refractivity (Wildman–Crippen MR) is 73.5 cm³/mol. The van der Waals surface area contributed by atoms with E-state index in [1.54, 1.807) is 12.3 Å². The number of nitrogens with zero attached hydrogens (tertiary/aromatic N) is 4. The molecule has 0 radical (unpaired) electrons. The van der Waals surface area contributed by atoms with Crippen LogP contribution in [0.15, 0.2) is 24.5 Å². The van der Waals surface area contributed by atoms with Crippen molar-refractivity contribution < 1.29 is 4.79 Å². The summed E-state index contributed by atoms with van der Waals surface area (Å²) in [4.78, 5) is 18.5. The first kappa shape index (κ1) is 12.0. The molecule has 1 fully saturated rings. The number of pyridine rings is 1. The number of rotatable bonds is 3. The lowest BCUT2D eigenvalue weighted by Crippen LogP contribution is -2.19. The Kier molecular flexibility index (Phi) is 3.37. The number of carbonyl (C=O) groups excluding carboxylic acids is 1. The van der Waals surface area contributed by atoms with Crippen LogP contribution >= 0.6 is 11.5 Å². The monoisotopic (exact) mass is 275 g/mol. The van der Waals surface area contributed by atoms with Gasteiger partial charge in [0.15, 0.2) is 0 Å². The molecule has 0 aromatic carbocycles. The van der Waals surface area contributed by atoms with Gasteiger partial charge in [0, 0.05) is 30.8 Å². The number of nitrogens with one attached hydrogen (secondary N) is 1. The number of amides is 1. The molecule has 2 aromatic heterocycles.